The highest BCUT2D eigenvalue weighted by atomic mass is 32.2. The monoisotopic (exact) mass is 217 g/mol. The molecule has 0 aromatic carbocycles. The predicted molar refractivity (Wildman–Crippen MR) is 57.0 cm³/mol. The van der Waals surface area contributed by atoms with Gasteiger partial charge in [-0.1, -0.05) is 6.92 Å². The minimum atomic E-state index is -2.75. The van der Waals surface area contributed by atoms with E-state index in [2.05, 4.69) is 12.2 Å². The number of rotatable bonds is 0. The van der Waals surface area contributed by atoms with Crippen LogP contribution in [0, 0.1) is 11.3 Å². The largest absolute Gasteiger partial charge is 0.316 e. The summed E-state index contributed by atoms with van der Waals surface area (Å²) in [7, 11) is -2.75. The highest BCUT2D eigenvalue weighted by Gasteiger charge is 2.43. The lowest BCUT2D eigenvalue weighted by molar-refractivity contribution is 0.129. The van der Waals surface area contributed by atoms with Crippen molar-refractivity contribution < 1.29 is 8.42 Å². The van der Waals surface area contributed by atoms with Crippen LogP contribution >= 0.6 is 0 Å². The number of hydrogen-bond acceptors (Lipinski definition) is 3. The minimum absolute atomic E-state index is 0.0995. The van der Waals surface area contributed by atoms with Gasteiger partial charge in [0.2, 0.25) is 0 Å². The van der Waals surface area contributed by atoms with Crippen LogP contribution in [-0.4, -0.2) is 33.0 Å². The third kappa shape index (κ3) is 1.82. The lowest BCUT2D eigenvalue weighted by atomic mass is 9.70. The second-order valence-electron chi connectivity index (χ2n) is 4.91. The molecule has 4 heteroatoms. The highest BCUT2D eigenvalue weighted by Crippen LogP contribution is 2.42. The molecule has 0 amide bonds. The number of piperidine rings is 1. The number of sulfone groups is 1. The smallest absolute Gasteiger partial charge is 0.150 e. The summed E-state index contributed by atoms with van der Waals surface area (Å²) in [5, 5.41) is 3.34. The van der Waals surface area contributed by atoms with Gasteiger partial charge in [0.15, 0.2) is 9.84 Å². The zero-order valence-electron chi connectivity index (χ0n) is 8.75. The molecular weight excluding hydrogens is 198 g/mol. The van der Waals surface area contributed by atoms with Gasteiger partial charge < -0.3 is 5.32 Å². The third-order valence-corrected chi connectivity index (χ3v) is 5.86. The van der Waals surface area contributed by atoms with E-state index in [-0.39, 0.29) is 5.41 Å². The van der Waals surface area contributed by atoms with Crippen molar-refractivity contribution in [2.45, 2.75) is 26.2 Å². The van der Waals surface area contributed by atoms with E-state index < -0.39 is 9.84 Å². The molecule has 14 heavy (non-hydrogen) atoms. The summed E-state index contributed by atoms with van der Waals surface area (Å²) >= 11 is 0. The van der Waals surface area contributed by atoms with Gasteiger partial charge in [-0.3, -0.25) is 0 Å². The Morgan fingerprint density at radius 2 is 2.14 bits per heavy atom. The van der Waals surface area contributed by atoms with Crippen LogP contribution in [0.4, 0.5) is 0 Å². The molecule has 2 atom stereocenters. The first-order valence-electron chi connectivity index (χ1n) is 5.45. The molecule has 0 aromatic rings. The average Bonchev–Trinajstić information content (AvgIpc) is 2.09. The first-order chi connectivity index (χ1) is 6.54. The second-order valence-corrected chi connectivity index (χ2v) is 7.10. The molecule has 0 aromatic heterocycles. The van der Waals surface area contributed by atoms with E-state index in [0.717, 1.165) is 32.4 Å². The molecular formula is C10H19NO2S. The van der Waals surface area contributed by atoms with Crippen molar-refractivity contribution in [3.8, 4) is 0 Å². The Labute approximate surface area is 86.2 Å². The van der Waals surface area contributed by atoms with Gasteiger partial charge in [0.25, 0.3) is 0 Å². The lowest BCUT2D eigenvalue weighted by Gasteiger charge is -2.45. The molecule has 2 heterocycles. The molecule has 3 nitrogen and oxygen atoms in total. The van der Waals surface area contributed by atoms with Gasteiger partial charge in [0.1, 0.15) is 0 Å². The molecule has 2 rings (SSSR count). The molecule has 2 aliphatic rings. The summed E-state index contributed by atoms with van der Waals surface area (Å²) in [6, 6.07) is 0. The fraction of sp³-hybridized carbons (Fsp3) is 1.00. The Hall–Kier alpha value is -0.0900. The molecule has 0 saturated carbocycles. The molecule has 0 radical (unpaired) electrons. The van der Waals surface area contributed by atoms with Gasteiger partial charge in [-0.25, -0.2) is 8.42 Å². The van der Waals surface area contributed by atoms with Crippen molar-refractivity contribution in [2.24, 2.45) is 11.3 Å². The van der Waals surface area contributed by atoms with Gasteiger partial charge in [0, 0.05) is 0 Å². The third-order valence-electron chi connectivity index (χ3n) is 3.93. The van der Waals surface area contributed by atoms with Crippen LogP contribution in [0.2, 0.25) is 0 Å². The summed E-state index contributed by atoms with van der Waals surface area (Å²) < 4.78 is 23.3. The van der Waals surface area contributed by atoms with Crippen molar-refractivity contribution in [3.63, 3.8) is 0 Å². The Bertz CT molecular complexity index is 308. The fourth-order valence-electron chi connectivity index (χ4n) is 2.93. The van der Waals surface area contributed by atoms with Crippen molar-refractivity contribution in [3.05, 3.63) is 0 Å². The lowest BCUT2D eigenvalue weighted by Crippen LogP contribution is -2.50. The van der Waals surface area contributed by atoms with Crippen LogP contribution in [0.5, 0.6) is 0 Å². The van der Waals surface area contributed by atoms with Crippen LogP contribution < -0.4 is 5.32 Å². The maximum absolute atomic E-state index is 11.6. The Morgan fingerprint density at radius 1 is 1.36 bits per heavy atom. The topological polar surface area (TPSA) is 46.2 Å². The molecule has 0 bridgehead atoms. The summed E-state index contributed by atoms with van der Waals surface area (Å²) in [5.74, 6) is 1.35. The molecule has 2 fully saturated rings. The van der Waals surface area contributed by atoms with Crippen molar-refractivity contribution in [1.29, 1.82) is 0 Å². The molecule has 1 N–H and O–H groups in total. The van der Waals surface area contributed by atoms with E-state index in [4.69, 9.17) is 0 Å². The van der Waals surface area contributed by atoms with Gasteiger partial charge >= 0.3 is 0 Å². The van der Waals surface area contributed by atoms with Crippen LogP contribution in [0.1, 0.15) is 26.2 Å². The zero-order valence-corrected chi connectivity index (χ0v) is 9.57. The van der Waals surface area contributed by atoms with E-state index in [0.29, 0.717) is 17.4 Å². The predicted octanol–water partition coefficient (Wildman–Crippen LogP) is 0.811. The number of hydrogen-bond donors (Lipinski definition) is 1. The van der Waals surface area contributed by atoms with Crippen molar-refractivity contribution in [1.82, 2.24) is 5.32 Å². The van der Waals surface area contributed by atoms with Crippen LogP contribution in [0.25, 0.3) is 0 Å². The maximum atomic E-state index is 11.6. The molecule has 0 aliphatic carbocycles. The van der Waals surface area contributed by atoms with E-state index in [9.17, 15) is 8.42 Å². The molecule has 82 valence electrons. The molecule has 2 saturated heterocycles. The first-order valence-corrected chi connectivity index (χ1v) is 7.27. The molecule has 2 unspecified atom stereocenters. The van der Waals surface area contributed by atoms with Gasteiger partial charge in [0.05, 0.1) is 11.5 Å². The van der Waals surface area contributed by atoms with Crippen LogP contribution in [0.3, 0.4) is 0 Å². The normalized spacial score (nSPS) is 42.5. The number of nitrogens with one attached hydrogen (secondary N) is 1. The second kappa shape index (κ2) is 3.49. The standard InChI is InChI=1S/C10H19NO2S/c1-9-7-11-5-4-10(9)3-2-6-14(12,13)8-10/h9,11H,2-8H2,1H3. The quantitative estimate of drug-likeness (QED) is 0.653. The summed E-state index contributed by atoms with van der Waals surface area (Å²) in [4.78, 5) is 0. The summed E-state index contributed by atoms with van der Waals surface area (Å²) in [5.41, 5.74) is 0.0995. The Morgan fingerprint density at radius 3 is 2.79 bits per heavy atom. The van der Waals surface area contributed by atoms with Gasteiger partial charge in [-0.2, -0.15) is 0 Å². The van der Waals surface area contributed by atoms with E-state index in [1.807, 2.05) is 0 Å². The van der Waals surface area contributed by atoms with E-state index in [1.54, 1.807) is 0 Å². The SMILES string of the molecule is CC1CNCCC12CCCS(=O)(=O)C2. The average molecular weight is 217 g/mol. The fourth-order valence-corrected chi connectivity index (χ4v) is 5.11. The first kappa shape index (κ1) is 10.4. The maximum Gasteiger partial charge on any atom is 0.150 e. The summed E-state index contributed by atoms with van der Waals surface area (Å²) in [6.45, 7) is 4.16. The molecule has 1 spiro atoms. The van der Waals surface area contributed by atoms with Crippen molar-refractivity contribution in [2.75, 3.05) is 24.6 Å². The van der Waals surface area contributed by atoms with E-state index in [1.165, 1.54) is 0 Å². The van der Waals surface area contributed by atoms with Crippen LogP contribution in [0.15, 0.2) is 0 Å². The highest BCUT2D eigenvalue weighted by molar-refractivity contribution is 7.91. The Balaban J connectivity index is 2.21. The van der Waals surface area contributed by atoms with Gasteiger partial charge in [-0.15, -0.1) is 0 Å². The Kier molecular flexibility index (Phi) is 2.60. The molecule has 2 aliphatic heterocycles. The van der Waals surface area contributed by atoms with Gasteiger partial charge in [-0.05, 0) is 43.7 Å². The van der Waals surface area contributed by atoms with Crippen molar-refractivity contribution >= 4 is 9.84 Å². The van der Waals surface area contributed by atoms with E-state index >= 15 is 0 Å². The minimum Gasteiger partial charge on any atom is -0.316 e. The van der Waals surface area contributed by atoms with Crippen LogP contribution in [-0.2, 0) is 9.84 Å². The zero-order chi connectivity index (χ0) is 10.2. The summed E-state index contributed by atoms with van der Waals surface area (Å²) in [6.07, 6.45) is 3.01.